The first-order valence-electron chi connectivity index (χ1n) is 8.44. The minimum atomic E-state index is 0.288. The second kappa shape index (κ2) is 6.58. The van der Waals surface area contributed by atoms with Gasteiger partial charge in [0, 0.05) is 6.54 Å². The summed E-state index contributed by atoms with van der Waals surface area (Å²) < 4.78 is 6.50. The normalized spacial score (nSPS) is 27.0. The first-order chi connectivity index (χ1) is 9.05. The SMILES string of the molecule is CCCNCC(C)(C)CC1CCC2(CCCCC2)O1. The molecule has 2 nitrogen and oxygen atoms in total. The third-order valence-electron chi connectivity index (χ3n) is 4.91. The van der Waals surface area contributed by atoms with Gasteiger partial charge >= 0.3 is 0 Å². The van der Waals surface area contributed by atoms with Gasteiger partial charge in [0.05, 0.1) is 11.7 Å². The van der Waals surface area contributed by atoms with E-state index in [0.717, 1.165) is 13.1 Å². The molecule has 1 saturated heterocycles. The zero-order valence-corrected chi connectivity index (χ0v) is 13.3. The van der Waals surface area contributed by atoms with E-state index >= 15 is 0 Å². The Balaban J connectivity index is 1.77. The number of hydrogen-bond donors (Lipinski definition) is 1. The average molecular weight is 267 g/mol. The molecule has 0 bridgehead atoms. The van der Waals surface area contributed by atoms with Gasteiger partial charge in [-0.3, -0.25) is 0 Å². The summed E-state index contributed by atoms with van der Waals surface area (Å²) >= 11 is 0. The summed E-state index contributed by atoms with van der Waals surface area (Å²) in [4.78, 5) is 0. The molecule has 0 aromatic heterocycles. The van der Waals surface area contributed by atoms with Crippen molar-refractivity contribution < 1.29 is 4.74 Å². The molecule has 1 spiro atoms. The molecular formula is C17H33NO. The van der Waals surface area contributed by atoms with E-state index in [-0.39, 0.29) is 5.60 Å². The van der Waals surface area contributed by atoms with Gasteiger partial charge in [0.15, 0.2) is 0 Å². The predicted octanol–water partition coefficient (Wildman–Crippen LogP) is 4.28. The van der Waals surface area contributed by atoms with Crippen molar-refractivity contribution >= 4 is 0 Å². The number of rotatable bonds is 6. The highest BCUT2D eigenvalue weighted by molar-refractivity contribution is 4.92. The molecule has 0 radical (unpaired) electrons. The Hall–Kier alpha value is -0.0800. The largest absolute Gasteiger partial charge is 0.372 e. The van der Waals surface area contributed by atoms with Crippen molar-refractivity contribution in [1.82, 2.24) is 5.32 Å². The van der Waals surface area contributed by atoms with Gasteiger partial charge in [-0.25, -0.2) is 0 Å². The van der Waals surface area contributed by atoms with Gasteiger partial charge in [-0.05, 0) is 50.5 Å². The Labute approximate surface area is 119 Å². The van der Waals surface area contributed by atoms with E-state index in [1.807, 2.05) is 0 Å². The minimum absolute atomic E-state index is 0.288. The fourth-order valence-corrected chi connectivity index (χ4v) is 3.90. The van der Waals surface area contributed by atoms with Crippen LogP contribution >= 0.6 is 0 Å². The summed E-state index contributed by atoms with van der Waals surface area (Å²) in [6, 6.07) is 0. The highest BCUT2D eigenvalue weighted by Crippen LogP contribution is 2.44. The van der Waals surface area contributed by atoms with Gasteiger partial charge < -0.3 is 10.1 Å². The van der Waals surface area contributed by atoms with Gasteiger partial charge in [-0.15, -0.1) is 0 Å². The molecule has 1 atom stereocenters. The molecule has 1 saturated carbocycles. The Bertz CT molecular complexity index is 268. The van der Waals surface area contributed by atoms with E-state index in [2.05, 4.69) is 26.1 Å². The Kier molecular flexibility index (Phi) is 5.30. The topological polar surface area (TPSA) is 21.3 Å². The van der Waals surface area contributed by atoms with Gasteiger partial charge in [0.2, 0.25) is 0 Å². The molecule has 0 aromatic rings. The first kappa shape index (κ1) is 15.3. The monoisotopic (exact) mass is 267 g/mol. The zero-order chi connectivity index (χ0) is 13.8. The molecule has 2 aliphatic rings. The number of hydrogen-bond acceptors (Lipinski definition) is 2. The molecule has 19 heavy (non-hydrogen) atoms. The van der Waals surface area contributed by atoms with Crippen molar-refractivity contribution in [2.24, 2.45) is 5.41 Å². The van der Waals surface area contributed by atoms with Crippen molar-refractivity contribution in [2.45, 2.75) is 90.3 Å². The molecule has 2 heteroatoms. The van der Waals surface area contributed by atoms with Crippen LogP contribution in [0.4, 0.5) is 0 Å². The molecule has 0 aromatic carbocycles. The lowest BCUT2D eigenvalue weighted by Crippen LogP contribution is -2.35. The van der Waals surface area contributed by atoms with Crippen molar-refractivity contribution in [3.63, 3.8) is 0 Å². The predicted molar refractivity (Wildman–Crippen MR) is 81.5 cm³/mol. The van der Waals surface area contributed by atoms with E-state index in [1.165, 1.54) is 57.8 Å². The van der Waals surface area contributed by atoms with Gasteiger partial charge in [-0.2, -0.15) is 0 Å². The highest BCUT2D eigenvalue weighted by Gasteiger charge is 2.42. The summed E-state index contributed by atoms with van der Waals surface area (Å²) in [5, 5.41) is 3.56. The van der Waals surface area contributed by atoms with Crippen LogP contribution in [0.25, 0.3) is 0 Å². The average Bonchev–Trinajstić information content (AvgIpc) is 2.72. The second-order valence-corrected chi connectivity index (χ2v) is 7.57. The molecule has 0 amide bonds. The molecule has 2 fully saturated rings. The summed E-state index contributed by atoms with van der Waals surface area (Å²) in [5.41, 5.74) is 0.649. The number of nitrogens with one attached hydrogen (secondary N) is 1. The van der Waals surface area contributed by atoms with E-state index in [4.69, 9.17) is 4.74 Å². The zero-order valence-electron chi connectivity index (χ0n) is 13.3. The van der Waals surface area contributed by atoms with E-state index in [0.29, 0.717) is 11.5 Å². The summed E-state index contributed by atoms with van der Waals surface area (Å²) in [7, 11) is 0. The second-order valence-electron chi connectivity index (χ2n) is 7.57. The Morgan fingerprint density at radius 2 is 1.89 bits per heavy atom. The van der Waals surface area contributed by atoms with Crippen molar-refractivity contribution in [3.8, 4) is 0 Å². The van der Waals surface area contributed by atoms with Crippen LogP contribution in [0.1, 0.15) is 78.6 Å². The van der Waals surface area contributed by atoms with E-state index < -0.39 is 0 Å². The van der Waals surface area contributed by atoms with Crippen LogP contribution in [-0.4, -0.2) is 24.8 Å². The maximum absolute atomic E-state index is 6.50. The van der Waals surface area contributed by atoms with Crippen LogP contribution in [0.5, 0.6) is 0 Å². The smallest absolute Gasteiger partial charge is 0.0687 e. The molecule has 1 N–H and O–H groups in total. The van der Waals surface area contributed by atoms with Crippen molar-refractivity contribution in [3.05, 3.63) is 0 Å². The summed E-state index contributed by atoms with van der Waals surface area (Å²) in [5.74, 6) is 0. The van der Waals surface area contributed by atoms with Crippen LogP contribution in [0.3, 0.4) is 0 Å². The third kappa shape index (κ3) is 4.46. The molecule has 1 aliphatic carbocycles. The van der Waals surface area contributed by atoms with Crippen LogP contribution in [0, 0.1) is 5.41 Å². The molecule has 2 rings (SSSR count). The quantitative estimate of drug-likeness (QED) is 0.725. The van der Waals surface area contributed by atoms with E-state index in [1.54, 1.807) is 0 Å². The van der Waals surface area contributed by atoms with Gasteiger partial charge in [-0.1, -0.05) is 40.0 Å². The fourth-order valence-electron chi connectivity index (χ4n) is 3.90. The van der Waals surface area contributed by atoms with Gasteiger partial charge in [0.25, 0.3) is 0 Å². The molecule has 1 heterocycles. The van der Waals surface area contributed by atoms with E-state index in [9.17, 15) is 0 Å². The molecule has 112 valence electrons. The van der Waals surface area contributed by atoms with Crippen LogP contribution in [-0.2, 0) is 4.74 Å². The fraction of sp³-hybridized carbons (Fsp3) is 1.00. The van der Waals surface area contributed by atoms with Crippen LogP contribution in [0.15, 0.2) is 0 Å². The molecular weight excluding hydrogens is 234 g/mol. The summed E-state index contributed by atoms with van der Waals surface area (Å²) in [6.07, 6.45) is 12.4. The number of ether oxygens (including phenoxy) is 1. The van der Waals surface area contributed by atoms with Gasteiger partial charge in [0.1, 0.15) is 0 Å². The lowest BCUT2D eigenvalue weighted by Gasteiger charge is -2.35. The summed E-state index contributed by atoms with van der Waals surface area (Å²) in [6.45, 7) is 9.25. The molecule has 1 unspecified atom stereocenters. The standard InChI is InChI=1S/C17H33NO/c1-4-12-18-14-16(2,3)13-15-8-11-17(19-15)9-6-5-7-10-17/h15,18H,4-14H2,1-3H3. The maximum Gasteiger partial charge on any atom is 0.0687 e. The van der Waals surface area contributed by atoms with Crippen LogP contribution < -0.4 is 5.32 Å². The third-order valence-corrected chi connectivity index (χ3v) is 4.91. The minimum Gasteiger partial charge on any atom is -0.372 e. The Morgan fingerprint density at radius 1 is 1.16 bits per heavy atom. The van der Waals surface area contributed by atoms with Crippen molar-refractivity contribution in [2.75, 3.05) is 13.1 Å². The lowest BCUT2D eigenvalue weighted by molar-refractivity contribution is -0.0744. The lowest BCUT2D eigenvalue weighted by atomic mass is 9.82. The maximum atomic E-state index is 6.50. The van der Waals surface area contributed by atoms with Crippen LogP contribution in [0.2, 0.25) is 0 Å². The highest BCUT2D eigenvalue weighted by atomic mass is 16.5. The van der Waals surface area contributed by atoms with Crippen molar-refractivity contribution in [1.29, 1.82) is 0 Å². The molecule has 1 aliphatic heterocycles. The Morgan fingerprint density at radius 3 is 2.58 bits per heavy atom. The first-order valence-corrected chi connectivity index (χ1v) is 8.44.